The van der Waals surface area contributed by atoms with E-state index in [1.54, 1.807) is 50.3 Å². The average Bonchev–Trinajstić information content (AvgIpc) is 3.97. The number of carbonyl (C=O) groups excluding carboxylic acids is 9. The number of ether oxygens (including phenoxy) is 4. The molecule has 11 atom stereocenters. The molecule has 1 aromatic rings. The minimum absolute atomic E-state index is 0.0238. The number of aliphatic hydroxyl groups excluding tert-OH is 1. The number of unbranched alkanes of at least 4 members (excludes halogenated alkanes) is 2. The molecule has 19 nitrogen and oxygen atoms in total. The van der Waals surface area contributed by atoms with Gasteiger partial charge in [0.1, 0.15) is 6.61 Å². The van der Waals surface area contributed by atoms with Crippen molar-refractivity contribution in [2.45, 2.75) is 155 Å². The molecule has 1 saturated heterocycles. The highest BCUT2D eigenvalue weighted by Crippen LogP contribution is 2.69. The molecule has 1 aromatic carbocycles. The number of allylic oxidation sites excluding steroid dienone is 4. The Morgan fingerprint density at radius 1 is 0.959 bits per heavy atom. The van der Waals surface area contributed by atoms with Crippen molar-refractivity contribution < 1.29 is 67.2 Å². The molecule has 2 heterocycles. The van der Waals surface area contributed by atoms with Crippen molar-refractivity contribution in [1.29, 1.82) is 0 Å². The Balaban J connectivity index is 0.914. The molecule has 6 N–H and O–H groups in total. The minimum atomic E-state index is -1.47. The number of primary amides is 1. The van der Waals surface area contributed by atoms with Crippen LogP contribution in [0.25, 0.3) is 0 Å². The first-order chi connectivity index (χ1) is 35.2. The number of nitrogens with two attached hydrogens (primary N) is 1. The first kappa shape index (κ1) is 55.7. The Morgan fingerprint density at radius 2 is 1.69 bits per heavy atom. The Morgan fingerprint density at radius 3 is 2.38 bits per heavy atom. The van der Waals surface area contributed by atoms with Gasteiger partial charge in [0.25, 0.3) is 11.8 Å². The van der Waals surface area contributed by atoms with Crippen LogP contribution in [0.3, 0.4) is 0 Å². The number of hydrogen-bond donors (Lipinski definition) is 5. The maximum Gasteiger partial charge on any atom is 0.509 e. The monoisotopic (exact) mass is 1030 g/mol. The quantitative estimate of drug-likeness (QED) is 0.0475. The smallest absolute Gasteiger partial charge is 0.429 e. The predicted molar refractivity (Wildman–Crippen MR) is 268 cm³/mol. The van der Waals surface area contributed by atoms with E-state index in [9.17, 15) is 48.3 Å². The van der Waals surface area contributed by atoms with Gasteiger partial charge in [-0.3, -0.25) is 38.5 Å². The molecular formula is C55H73N5O14. The molecule has 3 saturated carbocycles. The fourth-order valence-corrected chi connectivity index (χ4v) is 12.9. The van der Waals surface area contributed by atoms with Gasteiger partial charge in [-0.2, -0.15) is 0 Å². The van der Waals surface area contributed by atoms with Crippen LogP contribution in [0.5, 0.6) is 0 Å². The van der Waals surface area contributed by atoms with Crippen molar-refractivity contribution in [3.63, 3.8) is 0 Å². The molecule has 7 rings (SSSR count). The van der Waals surface area contributed by atoms with E-state index in [2.05, 4.69) is 22.9 Å². The van der Waals surface area contributed by atoms with Gasteiger partial charge in [-0.25, -0.2) is 9.59 Å². The van der Waals surface area contributed by atoms with Crippen LogP contribution in [-0.4, -0.2) is 113 Å². The number of benzene rings is 1. The summed E-state index contributed by atoms with van der Waals surface area (Å²) in [5.74, 6) is -3.67. The van der Waals surface area contributed by atoms with E-state index in [1.165, 1.54) is 12.2 Å². The summed E-state index contributed by atoms with van der Waals surface area (Å²) in [5.41, 5.74) is 4.38. The first-order valence-electron chi connectivity index (χ1n) is 26.3. The van der Waals surface area contributed by atoms with Crippen molar-refractivity contribution in [1.82, 2.24) is 15.5 Å². The van der Waals surface area contributed by atoms with Crippen molar-refractivity contribution in [2.75, 3.05) is 25.0 Å². The average molecular weight is 1030 g/mol. The lowest BCUT2D eigenvalue weighted by atomic mass is 9.46. The van der Waals surface area contributed by atoms with Gasteiger partial charge < -0.3 is 45.7 Å². The number of aliphatic hydroxyl groups is 1. The zero-order valence-corrected chi connectivity index (χ0v) is 43.2. The molecule has 402 valence electrons. The molecule has 0 radical (unpaired) electrons. The fraction of sp³-hybridized carbons (Fsp3) is 0.618. The van der Waals surface area contributed by atoms with E-state index in [0.29, 0.717) is 56.2 Å². The molecule has 6 aliphatic rings. The summed E-state index contributed by atoms with van der Waals surface area (Å²) in [7, 11) is 0. The second kappa shape index (κ2) is 23.7. The van der Waals surface area contributed by atoms with Crippen LogP contribution in [0.1, 0.15) is 124 Å². The van der Waals surface area contributed by atoms with Gasteiger partial charge in [0.05, 0.1) is 18.2 Å². The third-order valence-corrected chi connectivity index (χ3v) is 16.5. The van der Waals surface area contributed by atoms with E-state index < -0.39 is 77.4 Å². The van der Waals surface area contributed by atoms with Crippen molar-refractivity contribution in [3.8, 4) is 0 Å². The van der Waals surface area contributed by atoms with Crippen molar-refractivity contribution >= 4 is 58.9 Å². The van der Waals surface area contributed by atoms with E-state index in [0.717, 1.165) is 23.3 Å². The third kappa shape index (κ3) is 11.9. The number of nitrogens with zero attached hydrogens (tertiary/aromatic N) is 1. The number of ketones is 3. The highest BCUT2D eigenvalue weighted by molar-refractivity contribution is 6.12. The number of fused-ring (bicyclic) bond motifs is 7. The van der Waals surface area contributed by atoms with Gasteiger partial charge in [-0.15, -0.1) is 0 Å². The third-order valence-electron chi connectivity index (χ3n) is 16.5. The van der Waals surface area contributed by atoms with Crippen molar-refractivity contribution in [2.24, 2.45) is 46.2 Å². The summed E-state index contributed by atoms with van der Waals surface area (Å²) in [6, 6.07) is 4.87. The van der Waals surface area contributed by atoms with Gasteiger partial charge in [-0.05, 0) is 105 Å². The lowest BCUT2D eigenvalue weighted by Crippen LogP contribution is -2.63. The van der Waals surface area contributed by atoms with Crippen LogP contribution in [0.15, 0.2) is 60.2 Å². The van der Waals surface area contributed by atoms with Crippen LogP contribution in [-0.2, 0) is 59.1 Å². The number of amides is 6. The SMILES string of the molecule is CCCC1O[C@@H]2C[C@H]3[C@@H]4CCC5=CC(=O)C=C[C@]5(C)[C@H]4[C@@H](O)C[C@]3(C)[C@]2(C(=O)COC(=O)OCc2ccc(NC(=O)[C@H](CCCNC(N)=O)CC(=O)[C@@H](NC(=O)CCCCCN3C(=O)C=CC3=O)C(C)C)cc2)O1. The predicted octanol–water partition coefficient (Wildman–Crippen LogP) is 5.67. The molecule has 4 fully saturated rings. The Labute approximate surface area is 432 Å². The van der Waals surface area contributed by atoms with Gasteiger partial charge in [0.2, 0.25) is 17.6 Å². The van der Waals surface area contributed by atoms with Crippen LogP contribution in [0.2, 0.25) is 0 Å². The summed E-state index contributed by atoms with van der Waals surface area (Å²) in [5, 5.41) is 20.2. The molecule has 6 amide bonds. The molecule has 74 heavy (non-hydrogen) atoms. The Kier molecular flexibility index (Phi) is 17.8. The molecule has 2 aliphatic heterocycles. The van der Waals surface area contributed by atoms with Crippen LogP contribution in [0.4, 0.5) is 15.3 Å². The Bertz CT molecular complexity index is 2420. The molecule has 19 heteroatoms. The fourth-order valence-electron chi connectivity index (χ4n) is 12.9. The molecule has 0 bridgehead atoms. The second-order valence-electron chi connectivity index (χ2n) is 21.6. The second-order valence-corrected chi connectivity index (χ2v) is 21.6. The lowest BCUT2D eigenvalue weighted by Gasteiger charge is -2.59. The highest BCUT2D eigenvalue weighted by atomic mass is 16.8. The van der Waals surface area contributed by atoms with Gasteiger partial charge in [-0.1, -0.05) is 71.2 Å². The van der Waals surface area contributed by atoms with E-state index in [1.807, 2.05) is 19.9 Å². The Hall–Kier alpha value is -6.05. The van der Waals surface area contributed by atoms with Crippen LogP contribution >= 0.6 is 0 Å². The van der Waals surface area contributed by atoms with E-state index in [-0.39, 0.29) is 98.3 Å². The summed E-state index contributed by atoms with van der Waals surface area (Å²) in [4.78, 5) is 116. The van der Waals surface area contributed by atoms with Crippen molar-refractivity contribution in [3.05, 3.63) is 65.8 Å². The number of rotatable bonds is 24. The lowest BCUT2D eigenvalue weighted by molar-refractivity contribution is -0.200. The minimum Gasteiger partial charge on any atom is -0.429 e. The number of urea groups is 1. The van der Waals surface area contributed by atoms with E-state index >= 15 is 0 Å². The zero-order chi connectivity index (χ0) is 53.5. The summed E-state index contributed by atoms with van der Waals surface area (Å²) < 4.78 is 24.0. The highest BCUT2D eigenvalue weighted by Gasteiger charge is 2.76. The number of nitrogens with one attached hydrogen (secondary N) is 3. The summed E-state index contributed by atoms with van der Waals surface area (Å²) in [6.45, 7) is 9.25. The summed E-state index contributed by atoms with van der Waals surface area (Å²) in [6.07, 6.45) is 10.2. The maximum absolute atomic E-state index is 14.6. The normalized spacial score (nSPS) is 29.4. The number of hydrogen-bond acceptors (Lipinski definition) is 14. The molecular weight excluding hydrogens is 955 g/mol. The van der Waals surface area contributed by atoms with Crippen LogP contribution in [0, 0.1) is 40.4 Å². The first-order valence-corrected chi connectivity index (χ1v) is 26.3. The standard InChI is InChI=1S/C55H73N5O14/c1-6-11-47-73-43-28-39-38-19-16-35-27-37(61)22-23-53(35,4)48(38)41(63)29-54(39,5)55(43,74-47)42(64)31-72-52(70)71-30-33-14-17-36(18-15-33)58-50(68)34(12-10-24-57-51(56)69)26-40(62)49(32(2)3)59-44(65)13-8-7-9-25-60-45(66)20-21-46(60)67/h14-15,17-18,20-23,27,32,34,38-39,41,43,47-49,63H,6-13,16,19,24-26,28-31H2,1-5H3,(H,58,68)(H,59,65)(H3,56,57,69)/t34-,38+,39+,41+,43-,47?,48-,49+,53+,54+,55-/m1/s1. The number of carbonyl (C=O) groups is 9. The van der Waals surface area contributed by atoms with E-state index in [4.69, 9.17) is 24.7 Å². The topological polar surface area (TPSA) is 276 Å². The van der Waals surface area contributed by atoms with Gasteiger partial charge >= 0.3 is 12.2 Å². The number of imide groups is 1. The molecule has 4 aliphatic carbocycles. The largest absolute Gasteiger partial charge is 0.509 e. The number of anilines is 1. The number of Topliss-reactive ketones (excluding diaryl/α,β-unsaturated/α-hetero) is 2. The molecule has 1 unspecified atom stereocenters. The zero-order valence-electron chi connectivity index (χ0n) is 43.2. The summed E-state index contributed by atoms with van der Waals surface area (Å²) >= 11 is 0. The van der Waals surface area contributed by atoms with Crippen LogP contribution < -0.4 is 21.7 Å². The molecule has 0 aromatic heterocycles. The van der Waals surface area contributed by atoms with Gasteiger partial charge in [0, 0.05) is 66.4 Å². The van der Waals surface area contributed by atoms with Gasteiger partial charge in [0.15, 0.2) is 30.1 Å². The molecule has 0 spiro atoms. The maximum atomic E-state index is 14.6.